The van der Waals surface area contributed by atoms with E-state index in [2.05, 4.69) is 40.8 Å². The lowest BCUT2D eigenvalue weighted by Gasteiger charge is -2.01. The van der Waals surface area contributed by atoms with Gasteiger partial charge in [0.15, 0.2) is 5.78 Å². The van der Waals surface area contributed by atoms with E-state index in [1.54, 1.807) is 0 Å². The molecule has 0 saturated heterocycles. The van der Waals surface area contributed by atoms with Crippen LogP contribution in [-0.4, -0.2) is 10.8 Å². The fourth-order valence-electron chi connectivity index (χ4n) is 2.24. The van der Waals surface area contributed by atoms with Crippen molar-refractivity contribution in [1.29, 1.82) is 0 Å². The largest absolute Gasteiger partial charge is 0.358 e. The number of hydrogen-bond acceptors (Lipinski definition) is 1. The van der Waals surface area contributed by atoms with Crippen LogP contribution in [0, 0.1) is 6.92 Å². The number of carbonyl (C=O) groups is 1. The minimum atomic E-state index is 0.214. The van der Waals surface area contributed by atoms with Crippen molar-refractivity contribution in [2.45, 2.75) is 33.6 Å². The van der Waals surface area contributed by atoms with E-state index in [1.165, 1.54) is 5.56 Å². The Bertz CT molecular complexity index is 583. The topological polar surface area (TPSA) is 32.9 Å². The van der Waals surface area contributed by atoms with E-state index in [1.807, 2.05) is 13.0 Å². The lowest BCUT2D eigenvalue weighted by molar-refractivity contribution is 0.0989. The molecule has 0 unspecified atom stereocenters. The number of carbonyl (C=O) groups excluding carboxylic acids is 1. The first-order chi connectivity index (χ1) is 8.08. The Morgan fingerprint density at radius 1 is 1.35 bits per heavy atom. The Kier molecular flexibility index (Phi) is 3.38. The van der Waals surface area contributed by atoms with Gasteiger partial charge in [0, 0.05) is 33.1 Å². The minimum absolute atomic E-state index is 0.214. The molecule has 1 heterocycles. The van der Waals surface area contributed by atoms with Crippen LogP contribution in [0.4, 0.5) is 0 Å². The van der Waals surface area contributed by atoms with Gasteiger partial charge in [-0.3, -0.25) is 4.79 Å². The van der Waals surface area contributed by atoms with Gasteiger partial charge in [-0.15, -0.1) is 0 Å². The number of ketones is 1. The van der Waals surface area contributed by atoms with Crippen molar-refractivity contribution in [3.63, 3.8) is 0 Å². The fourth-order valence-corrected chi connectivity index (χ4v) is 2.81. The molecule has 1 aromatic carbocycles. The van der Waals surface area contributed by atoms with Gasteiger partial charge in [-0.05, 0) is 31.0 Å². The van der Waals surface area contributed by atoms with E-state index in [4.69, 9.17) is 0 Å². The van der Waals surface area contributed by atoms with Gasteiger partial charge in [0.05, 0.1) is 0 Å². The summed E-state index contributed by atoms with van der Waals surface area (Å²) in [6.45, 7) is 6.04. The summed E-state index contributed by atoms with van der Waals surface area (Å²) in [5.74, 6) is 0.214. The second-order valence-corrected chi connectivity index (χ2v) is 5.17. The summed E-state index contributed by atoms with van der Waals surface area (Å²) >= 11 is 3.49. The number of aromatic nitrogens is 1. The number of halogens is 1. The van der Waals surface area contributed by atoms with E-state index >= 15 is 0 Å². The highest BCUT2D eigenvalue weighted by molar-refractivity contribution is 9.10. The molecule has 1 aromatic heterocycles. The van der Waals surface area contributed by atoms with Crippen LogP contribution in [0.1, 0.15) is 41.9 Å². The third kappa shape index (κ3) is 2.04. The first-order valence-corrected chi connectivity index (χ1v) is 6.71. The molecule has 3 heteroatoms. The SMILES string of the molecule is CCC(=O)c1c(CC)[nH]c2c(C)cc(Br)cc12. The van der Waals surface area contributed by atoms with Gasteiger partial charge < -0.3 is 4.98 Å². The Morgan fingerprint density at radius 2 is 2.06 bits per heavy atom. The number of benzene rings is 1. The van der Waals surface area contributed by atoms with Gasteiger partial charge >= 0.3 is 0 Å². The van der Waals surface area contributed by atoms with Gasteiger partial charge in [-0.25, -0.2) is 0 Å². The lowest BCUT2D eigenvalue weighted by Crippen LogP contribution is -1.99. The average Bonchev–Trinajstić information content (AvgIpc) is 2.66. The van der Waals surface area contributed by atoms with Crippen molar-refractivity contribution in [3.8, 4) is 0 Å². The highest BCUT2D eigenvalue weighted by atomic mass is 79.9. The molecule has 2 rings (SSSR count). The summed E-state index contributed by atoms with van der Waals surface area (Å²) in [6.07, 6.45) is 1.40. The number of Topliss-reactive ketones (excluding diaryl/α,β-unsaturated/α-hetero) is 1. The van der Waals surface area contributed by atoms with Crippen LogP contribution in [0.5, 0.6) is 0 Å². The molecule has 0 aliphatic carbocycles. The highest BCUT2D eigenvalue weighted by Gasteiger charge is 2.17. The quantitative estimate of drug-likeness (QED) is 0.836. The van der Waals surface area contributed by atoms with Gasteiger partial charge in [0.1, 0.15) is 0 Å². The van der Waals surface area contributed by atoms with Crippen molar-refractivity contribution < 1.29 is 4.79 Å². The molecule has 0 aliphatic heterocycles. The van der Waals surface area contributed by atoms with Crippen LogP contribution in [0.2, 0.25) is 0 Å². The molecule has 0 bridgehead atoms. The van der Waals surface area contributed by atoms with Gasteiger partial charge in [0.25, 0.3) is 0 Å². The zero-order valence-electron chi connectivity index (χ0n) is 10.4. The zero-order chi connectivity index (χ0) is 12.6. The second kappa shape index (κ2) is 4.65. The summed E-state index contributed by atoms with van der Waals surface area (Å²) in [4.78, 5) is 15.4. The Balaban J connectivity index is 2.83. The van der Waals surface area contributed by atoms with Crippen molar-refractivity contribution in [2.75, 3.05) is 0 Å². The number of nitrogens with one attached hydrogen (secondary N) is 1. The molecule has 2 nitrogen and oxygen atoms in total. The molecule has 0 fully saturated rings. The summed E-state index contributed by atoms with van der Waals surface area (Å²) in [5, 5.41) is 1.04. The summed E-state index contributed by atoms with van der Waals surface area (Å²) in [5.41, 5.74) is 4.17. The van der Waals surface area contributed by atoms with Crippen molar-refractivity contribution in [2.24, 2.45) is 0 Å². The molecule has 17 heavy (non-hydrogen) atoms. The molecule has 0 aliphatic rings. The molecular weight excluding hydrogens is 278 g/mol. The maximum absolute atomic E-state index is 12.1. The first kappa shape index (κ1) is 12.4. The molecule has 0 radical (unpaired) electrons. The Morgan fingerprint density at radius 3 is 2.65 bits per heavy atom. The normalized spacial score (nSPS) is 11.1. The molecular formula is C14H16BrNO. The minimum Gasteiger partial charge on any atom is -0.358 e. The number of rotatable bonds is 3. The first-order valence-electron chi connectivity index (χ1n) is 5.92. The van der Waals surface area contributed by atoms with Gasteiger partial charge in [-0.1, -0.05) is 29.8 Å². The van der Waals surface area contributed by atoms with E-state index in [0.29, 0.717) is 6.42 Å². The Hall–Kier alpha value is -1.09. The smallest absolute Gasteiger partial charge is 0.165 e. The van der Waals surface area contributed by atoms with E-state index in [-0.39, 0.29) is 5.78 Å². The van der Waals surface area contributed by atoms with Crippen LogP contribution < -0.4 is 0 Å². The fraction of sp³-hybridized carbons (Fsp3) is 0.357. The van der Waals surface area contributed by atoms with Crippen LogP contribution in [0.3, 0.4) is 0 Å². The summed E-state index contributed by atoms with van der Waals surface area (Å²) in [7, 11) is 0. The monoisotopic (exact) mass is 293 g/mol. The molecule has 90 valence electrons. The molecule has 0 amide bonds. The summed E-state index contributed by atoms with van der Waals surface area (Å²) < 4.78 is 1.02. The molecule has 2 aromatic rings. The predicted molar refractivity (Wildman–Crippen MR) is 74.7 cm³/mol. The average molecular weight is 294 g/mol. The van der Waals surface area contributed by atoms with Crippen LogP contribution in [0.25, 0.3) is 10.9 Å². The molecule has 0 saturated carbocycles. The zero-order valence-corrected chi connectivity index (χ0v) is 11.9. The number of hydrogen-bond donors (Lipinski definition) is 1. The predicted octanol–water partition coefficient (Wildman–Crippen LogP) is 4.39. The van der Waals surface area contributed by atoms with Crippen LogP contribution in [0.15, 0.2) is 16.6 Å². The van der Waals surface area contributed by atoms with Crippen LogP contribution >= 0.6 is 15.9 Å². The van der Waals surface area contributed by atoms with Crippen LogP contribution in [-0.2, 0) is 6.42 Å². The van der Waals surface area contributed by atoms with E-state index in [0.717, 1.165) is 33.1 Å². The van der Waals surface area contributed by atoms with Crippen molar-refractivity contribution in [1.82, 2.24) is 4.98 Å². The number of aromatic amines is 1. The standard InChI is InChI=1S/C14H16BrNO/c1-4-11-13(12(17)5-2)10-7-9(15)6-8(3)14(10)16-11/h6-7,16H,4-5H2,1-3H3. The van der Waals surface area contributed by atoms with Crippen molar-refractivity contribution in [3.05, 3.63) is 33.4 Å². The van der Waals surface area contributed by atoms with E-state index < -0.39 is 0 Å². The number of H-pyrrole nitrogens is 1. The van der Waals surface area contributed by atoms with Crippen molar-refractivity contribution >= 4 is 32.6 Å². The maximum Gasteiger partial charge on any atom is 0.165 e. The highest BCUT2D eigenvalue weighted by Crippen LogP contribution is 2.29. The molecule has 0 spiro atoms. The summed E-state index contributed by atoms with van der Waals surface area (Å²) in [6, 6.07) is 4.10. The van der Waals surface area contributed by atoms with Gasteiger partial charge in [-0.2, -0.15) is 0 Å². The molecule has 1 N–H and O–H groups in total. The van der Waals surface area contributed by atoms with E-state index in [9.17, 15) is 4.79 Å². The Labute approximate surface area is 110 Å². The second-order valence-electron chi connectivity index (χ2n) is 4.25. The molecule has 0 atom stereocenters. The third-order valence-electron chi connectivity index (χ3n) is 3.10. The number of fused-ring (bicyclic) bond motifs is 1. The third-order valence-corrected chi connectivity index (χ3v) is 3.56. The lowest BCUT2D eigenvalue weighted by atomic mass is 10.0. The maximum atomic E-state index is 12.1. The number of aryl methyl sites for hydroxylation is 2. The van der Waals surface area contributed by atoms with Gasteiger partial charge in [0.2, 0.25) is 0 Å².